The molecule has 1 saturated heterocycles. The minimum absolute atomic E-state index is 0.265. The van der Waals surface area contributed by atoms with Gasteiger partial charge >= 0.3 is 5.76 Å². The highest BCUT2D eigenvalue weighted by Crippen LogP contribution is 2.28. The summed E-state index contributed by atoms with van der Waals surface area (Å²) in [6.07, 6.45) is 2.79. The third-order valence-electron chi connectivity index (χ3n) is 5.93. The number of hydrogen-bond donors (Lipinski definition) is 0. The van der Waals surface area contributed by atoms with E-state index in [1.54, 1.807) is 31.4 Å². The zero-order chi connectivity index (χ0) is 21.6. The number of benzene rings is 2. The predicted molar refractivity (Wildman–Crippen MR) is 122 cm³/mol. The molecular weight excluding hydrogens is 394 g/mol. The lowest BCUT2D eigenvalue weighted by Gasteiger charge is -2.36. The summed E-state index contributed by atoms with van der Waals surface area (Å²) < 4.78 is 12.0. The van der Waals surface area contributed by atoms with Crippen molar-refractivity contribution in [2.45, 2.75) is 25.8 Å². The van der Waals surface area contributed by atoms with E-state index in [-0.39, 0.29) is 5.56 Å². The van der Waals surface area contributed by atoms with Crippen molar-refractivity contribution in [3.63, 3.8) is 0 Å². The SMILES string of the molecule is COc1ccccc1N1CCN(CCCCCn2c(=O)oc3ccccc3c2=O)CC1. The molecule has 164 valence electrons. The molecule has 0 amide bonds. The molecular formula is C24H29N3O4. The quantitative estimate of drug-likeness (QED) is 0.519. The van der Waals surface area contributed by atoms with Gasteiger partial charge in [0.15, 0.2) is 0 Å². The lowest BCUT2D eigenvalue weighted by Crippen LogP contribution is -2.46. The van der Waals surface area contributed by atoms with Crippen LogP contribution in [-0.4, -0.2) is 49.3 Å². The standard InChI is InChI=1S/C24H29N3O4/c1-30-22-12-6-4-10-20(22)26-17-15-25(16-18-26)13-7-2-8-14-27-23(28)19-9-3-5-11-21(19)31-24(27)29/h3-6,9-12H,2,7-8,13-18H2,1H3. The van der Waals surface area contributed by atoms with Gasteiger partial charge in [0.1, 0.15) is 11.3 Å². The van der Waals surface area contributed by atoms with Crippen molar-refractivity contribution in [2.24, 2.45) is 0 Å². The number of anilines is 1. The van der Waals surface area contributed by atoms with E-state index in [0.717, 1.165) is 63.4 Å². The maximum Gasteiger partial charge on any atom is 0.422 e. The average Bonchev–Trinajstić information content (AvgIpc) is 2.81. The number of fused-ring (bicyclic) bond motifs is 1. The Morgan fingerprint density at radius 3 is 2.39 bits per heavy atom. The molecule has 2 heterocycles. The van der Waals surface area contributed by atoms with Gasteiger partial charge in [0.25, 0.3) is 5.56 Å². The Morgan fingerprint density at radius 1 is 0.871 bits per heavy atom. The third-order valence-corrected chi connectivity index (χ3v) is 5.93. The van der Waals surface area contributed by atoms with Crippen molar-refractivity contribution in [1.82, 2.24) is 9.47 Å². The minimum atomic E-state index is -0.573. The second-order valence-electron chi connectivity index (χ2n) is 7.88. The van der Waals surface area contributed by atoms with Gasteiger partial charge in [0.2, 0.25) is 0 Å². The van der Waals surface area contributed by atoms with Gasteiger partial charge in [-0.25, -0.2) is 9.36 Å². The van der Waals surface area contributed by atoms with Crippen LogP contribution in [0.4, 0.5) is 5.69 Å². The van der Waals surface area contributed by atoms with Crippen molar-refractivity contribution in [3.8, 4) is 5.75 Å². The first-order chi connectivity index (χ1) is 15.2. The van der Waals surface area contributed by atoms with Crippen LogP contribution in [0.5, 0.6) is 5.75 Å². The normalized spacial score (nSPS) is 14.8. The highest BCUT2D eigenvalue weighted by atomic mass is 16.5. The number of para-hydroxylation sites is 3. The first-order valence-corrected chi connectivity index (χ1v) is 10.9. The van der Waals surface area contributed by atoms with Crippen molar-refractivity contribution >= 4 is 16.7 Å². The van der Waals surface area contributed by atoms with Crippen LogP contribution in [0.3, 0.4) is 0 Å². The van der Waals surface area contributed by atoms with Gasteiger partial charge in [-0.1, -0.05) is 30.7 Å². The largest absolute Gasteiger partial charge is 0.495 e. The second-order valence-corrected chi connectivity index (χ2v) is 7.88. The van der Waals surface area contributed by atoms with Gasteiger partial charge in [-0.2, -0.15) is 0 Å². The molecule has 1 fully saturated rings. The molecule has 7 heteroatoms. The van der Waals surface area contributed by atoms with Gasteiger partial charge in [-0.05, 0) is 43.7 Å². The molecule has 0 unspecified atom stereocenters. The number of piperazine rings is 1. The summed E-state index contributed by atoms with van der Waals surface area (Å²) in [5.41, 5.74) is 1.24. The van der Waals surface area contributed by atoms with E-state index in [0.29, 0.717) is 17.5 Å². The van der Waals surface area contributed by atoms with E-state index in [1.807, 2.05) is 18.2 Å². The molecule has 0 N–H and O–H groups in total. The fourth-order valence-electron chi connectivity index (χ4n) is 4.19. The molecule has 2 aromatic carbocycles. The first-order valence-electron chi connectivity index (χ1n) is 10.9. The predicted octanol–water partition coefficient (Wildman–Crippen LogP) is 2.96. The number of methoxy groups -OCH3 is 1. The zero-order valence-electron chi connectivity index (χ0n) is 18.0. The lowest BCUT2D eigenvalue weighted by molar-refractivity contribution is 0.250. The molecule has 1 aliphatic heterocycles. The van der Waals surface area contributed by atoms with E-state index in [4.69, 9.17) is 9.15 Å². The summed E-state index contributed by atoms with van der Waals surface area (Å²) in [6.45, 7) is 5.42. The van der Waals surface area contributed by atoms with Gasteiger partial charge in [-0.15, -0.1) is 0 Å². The van der Waals surface area contributed by atoms with E-state index in [9.17, 15) is 9.59 Å². The molecule has 1 aromatic heterocycles. The fourth-order valence-corrected chi connectivity index (χ4v) is 4.19. The maximum absolute atomic E-state index is 12.5. The Labute approximate surface area is 181 Å². The number of ether oxygens (including phenoxy) is 1. The summed E-state index contributed by atoms with van der Waals surface area (Å²) in [6, 6.07) is 15.0. The maximum atomic E-state index is 12.5. The van der Waals surface area contributed by atoms with E-state index < -0.39 is 5.76 Å². The smallest absolute Gasteiger partial charge is 0.422 e. The van der Waals surface area contributed by atoms with Crippen LogP contribution in [0, 0.1) is 0 Å². The lowest BCUT2D eigenvalue weighted by atomic mass is 10.2. The highest BCUT2D eigenvalue weighted by Gasteiger charge is 2.19. The van der Waals surface area contributed by atoms with Gasteiger partial charge in [-0.3, -0.25) is 9.69 Å². The number of nitrogens with zero attached hydrogens (tertiary/aromatic N) is 3. The topological polar surface area (TPSA) is 67.9 Å². The van der Waals surface area contributed by atoms with Crippen molar-refractivity contribution in [1.29, 1.82) is 0 Å². The van der Waals surface area contributed by atoms with Crippen LogP contribution in [0.1, 0.15) is 19.3 Å². The van der Waals surface area contributed by atoms with E-state index in [1.165, 1.54) is 4.57 Å². The van der Waals surface area contributed by atoms with Crippen LogP contribution in [-0.2, 0) is 6.54 Å². The van der Waals surface area contributed by atoms with Crippen molar-refractivity contribution in [2.75, 3.05) is 44.7 Å². The van der Waals surface area contributed by atoms with Crippen LogP contribution < -0.4 is 21.0 Å². The molecule has 31 heavy (non-hydrogen) atoms. The van der Waals surface area contributed by atoms with Gasteiger partial charge in [0.05, 0.1) is 18.2 Å². The minimum Gasteiger partial charge on any atom is -0.495 e. The first kappa shape index (κ1) is 21.2. The third kappa shape index (κ3) is 4.82. The summed E-state index contributed by atoms with van der Waals surface area (Å²) in [4.78, 5) is 29.5. The highest BCUT2D eigenvalue weighted by molar-refractivity contribution is 5.74. The van der Waals surface area contributed by atoms with Gasteiger partial charge < -0.3 is 14.1 Å². The molecule has 1 aliphatic rings. The molecule has 0 aliphatic carbocycles. The number of rotatable bonds is 8. The summed E-state index contributed by atoms with van der Waals surface area (Å²) >= 11 is 0. The number of unbranched alkanes of at least 4 members (excludes halogenated alkanes) is 2. The Kier molecular flexibility index (Phi) is 6.72. The molecule has 0 bridgehead atoms. The Morgan fingerprint density at radius 2 is 1.58 bits per heavy atom. The fraction of sp³-hybridized carbons (Fsp3) is 0.417. The summed E-state index contributed by atoms with van der Waals surface area (Å²) in [7, 11) is 1.71. The Bertz CT molecular complexity index is 1130. The molecule has 0 atom stereocenters. The van der Waals surface area contributed by atoms with Crippen LogP contribution in [0.25, 0.3) is 11.0 Å². The molecule has 0 radical (unpaired) electrons. The van der Waals surface area contributed by atoms with Crippen molar-refractivity contribution < 1.29 is 9.15 Å². The molecule has 3 aromatic rings. The Hall–Kier alpha value is -3.06. The van der Waals surface area contributed by atoms with Gasteiger partial charge in [0, 0.05) is 32.7 Å². The zero-order valence-corrected chi connectivity index (χ0v) is 18.0. The van der Waals surface area contributed by atoms with Crippen LogP contribution in [0.15, 0.2) is 62.5 Å². The van der Waals surface area contributed by atoms with Crippen molar-refractivity contribution in [3.05, 3.63) is 69.4 Å². The molecule has 4 rings (SSSR count). The number of hydrogen-bond acceptors (Lipinski definition) is 6. The second kappa shape index (κ2) is 9.83. The van der Waals surface area contributed by atoms with Crippen LogP contribution in [0.2, 0.25) is 0 Å². The van der Waals surface area contributed by atoms with E-state index in [2.05, 4.69) is 15.9 Å². The average molecular weight is 424 g/mol. The monoisotopic (exact) mass is 423 g/mol. The molecule has 0 saturated carbocycles. The summed E-state index contributed by atoms with van der Waals surface area (Å²) in [5.74, 6) is 0.348. The molecule has 0 spiro atoms. The Balaban J connectivity index is 1.22. The number of aromatic nitrogens is 1. The van der Waals surface area contributed by atoms with E-state index >= 15 is 0 Å². The molecule has 7 nitrogen and oxygen atoms in total. The van der Waals surface area contributed by atoms with Crippen LogP contribution >= 0.6 is 0 Å². The summed E-state index contributed by atoms with van der Waals surface area (Å²) in [5, 5.41) is 0.454.